The SMILES string of the molecule is CCCNC(c1ccc(OC2CC2)cc1)c1csnn1. The van der Waals surface area contributed by atoms with Crippen LogP contribution in [0.15, 0.2) is 29.6 Å². The van der Waals surface area contributed by atoms with E-state index >= 15 is 0 Å². The van der Waals surface area contributed by atoms with E-state index in [1.165, 1.54) is 29.9 Å². The molecule has 0 saturated heterocycles. The highest BCUT2D eigenvalue weighted by Crippen LogP contribution is 2.28. The van der Waals surface area contributed by atoms with Crippen LogP contribution in [0.1, 0.15) is 43.5 Å². The summed E-state index contributed by atoms with van der Waals surface area (Å²) in [5.74, 6) is 0.960. The highest BCUT2D eigenvalue weighted by atomic mass is 32.1. The maximum absolute atomic E-state index is 5.79. The molecule has 1 N–H and O–H groups in total. The van der Waals surface area contributed by atoms with Gasteiger partial charge >= 0.3 is 0 Å². The first-order chi connectivity index (χ1) is 9.86. The maximum Gasteiger partial charge on any atom is 0.119 e. The van der Waals surface area contributed by atoms with Crippen LogP contribution < -0.4 is 10.1 Å². The minimum absolute atomic E-state index is 0.115. The van der Waals surface area contributed by atoms with Crippen LogP contribution in [0.5, 0.6) is 5.75 Å². The molecule has 2 aromatic rings. The molecule has 1 saturated carbocycles. The summed E-state index contributed by atoms with van der Waals surface area (Å²) < 4.78 is 9.75. The molecule has 5 heteroatoms. The Morgan fingerprint density at radius 1 is 1.35 bits per heavy atom. The van der Waals surface area contributed by atoms with Gasteiger partial charge in [-0.25, -0.2) is 0 Å². The van der Waals surface area contributed by atoms with E-state index in [4.69, 9.17) is 4.74 Å². The van der Waals surface area contributed by atoms with Crippen molar-refractivity contribution < 1.29 is 4.74 Å². The standard InChI is InChI=1S/C15H19N3OS/c1-2-9-16-15(14-10-20-18-17-14)11-3-5-12(6-4-11)19-13-7-8-13/h3-6,10,13,15-16H,2,7-9H2,1H3. The van der Waals surface area contributed by atoms with Crippen molar-refractivity contribution in [2.24, 2.45) is 0 Å². The fourth-order valence-electron chi connectivity index (χ4n) is 2.10. The van der Waals surface area contributed by atoms with Crippen LogP contribution in [0, 0.1) is 0 Å². The maximum atomic E-state index is 5.79. The quantitative estimate of drug-likeness (QED) is 0.850. The van der Waals surface area contributed by atoms with Gasteiger partial charge in [-0.15, -0.1) is 5.10 Å². The van der Waals surface area contributed by atoms with Gasteiger partial charge in [0.05, 0.1) is 17.8 Å². The number of rotatable bonds is 7. The number of hydrogen-bond acceptors (Lipinski definition) is 5. The number of ether oxygens (including phenoxy) is 1. The van der Waals surface area contributed by atoms with Gasteiger partial charge in [0.2, 0.25) is 0 Å². The van der Waals surface area contributed by atoms with Crippen molar-refractivity contribution in [3.05, 3.63) is 40.9 Å². The second kappa shape index (κ2) is 6.33. The Morgan fingerprint density at radius 3 is 2.75 bits per heavy atom. The topological polar surface area (TPSA) is 47.0 Å². The smallest absolute Gasteiger partial charge is 0.119 e. The summed E-state index contributed by atoms with van der Waals surface area (Å²) in [6, 6.07) is 8.44. The number of nitrogens with zero attached hydrogens (tertiary/aromatic N) is 2. The van der Waals surface area contributed by atoms with Crippen molar-refractivity contribution in [3.8, 4) is 5.75 Å². The van der Waals surface area contributed by atoms with Crippen LogP contribution in [0.4, 0.5) is 0 Å². The summed E-state index contributed by atoms with van der Waals surface area (Å²) in [5, 5.41) is 9.73. The Hall–Kier alpha value is -1.46. The zero-order chi connectivity index (χ0) is 13.8. The first kappa shape index (κ1) is 13.5. The molecule has 106 valence electrons. The van der Waals surface area contributed by atoms with Gasteiger partial charge in [0.15, 0.2) is 0 Å². The Labute approximate surface area is 123 Å². The van der Waals surface area contributed by atoms with E-state index in [1.807, 2.05) is 17.5 Å². The van der Waals surface area contributed by atoms with Crippen molar-refractivity contribution in [3.63, 3.8) is 0 Å². The molecule has 1 unspecified atom stereocenters. The van der Waals surface area contributed by atoms with Gasteiger partial charge in [-0.3, -0.25) is 0 Å². The van der Waals surface area contributed by atoms with Crippen LogP contribution >= 0.6 is 11.5 Å². The molecule has 3 rings (SSSR count). The molecule has 4 nitrogen and oxygen atoms in total. The van der Waals surface area contributed by atoms with Crippen LogP contribution in [0.2, 0.25) is 0 Å². The Kier molecular flexibility index (Phi) is 4.28. The minimum atomic E-state index is 0.115. The Bertz CT molecular complexity index is 523. The summed E-state index contributed by atoms with van der Waals surface area (Å²) >= 11 is 1.39. The minimum Gasteiger partial charge on any atom is -0.490 e. The molecule has 0 radical (unpaired) electrons. The lowest BCUT2D eigenvalue weighted by atomic mass is 10.0. The molecule has 1 atom stereocenters. The van der Waals surface area contributed by atoms with Crippen LogP contribution in [-0.4, -0.2) is 22.2 Å². The number of aromatic nitrogens is 2. The van der Waals surface area contributed by atoms with E-state index in [0.29, 0.717) is 6.10 Å². The zero-order valence-corrected chi connectivity index (χ0v) is 12.4. The molecule has 0 spiro atoms. The van der Waals surface area contributed by atoms with E-state index in [0.717, 1.165) is 24.4 Å². The van der Waals surface area contributed by atoms with E-state index in [9.17, 15) is 0 Å². The molecule has 1 aliphatic carbocycles. The van der Waals surface area contributed by atoms with E-state index in [-0.39, 0.29) is 6.04 Å². The predicted molar refractivity (Wildman–Crippen MR) is 80.1 cm³/mol. The normalized spacial score (nSPS) is 16.1. The molecule has 1 aromatic carbocycles. The molecule has 20 heavy (non-hydrogen) atoms. The molecule has 1 heterocycles. The summed E-state index contributed by atoms with van der Waals surface area (Å²) in [5.41, 5.74) is 2.19. The van der Waals surface area contributed by atoms with Crippen LogP contribution in [-0.2, 0) is 0 Å². The van der Waals surface area contributed by atoms with E-state index in [2.05, 4.69) is 34.0 Å². The van der Waals surface area contributed by atoms with Gasteiger partial charge in [-0.2, -0.15) is 0 Å². The molecule has 0 aliphatic heterocycles. The van der Waals surface area contributed by atoms with Gasteiger partial charge < -0.3 is 10.1 Å². The van der Waals surface area contributed by atoms with Gasteiger partial charge in [0, 0.05) is 5.38 Å². The zero-order valence-electron chi connectivity index (χ0n) is 11.6. The van der Waals surface area contributed by atoms with Gasteiger partial charge in [0.1, 0.15) is 5.75 Å². The highest BCUT2D eigenvalue weighted by molar-refractivity contribution is 7.03. The van der Waals surface area contributed by atoms with Crippen molar-refractivity contribution in [1.82, 2.24) is 14.9 Å². The monoisotopic (exact) mass is 289 g/mol. The lowest BCUT2D eigenvalue weighted by molar-refractivity contribution is 0.303. The molecule has 0 amide bonds. The first-order valence-electron chi connectivity index (χ1n) is 7.13. The second-order valence-electron chi connectivity index (χ2n) is 5.10. The average Bonchev–Trinajstić information content (AvgIpc) is 3.12. The molecule has 0 bridgehead atoms. The van der Waals surface area contributed by atoms with Crippen LogP contribution in [0.3, 0.4) is 0 Å². The predicted octanol–water partition coefficient (Wildman–Crippen LogP) is 3.17. The number of benzene rings is 1. The molecule has 1 aliphatic rings. The first-order valence-corrected chi connectivity index (χ1v) is 7.97. The lowest BCUT2D eigenvalue weighted by Gasteiger charge is -2.17. The number of hydrogen-bond donors (Lipinski definition) is 1. The van der Waals surface area contributed by atoms with Crippen molar-refractivity contribution in [1.29, 1.82) is 0 Å². The third kappa shape index (κ3) is 3.35. The summed E-state index contributed by atoms with van der Waals surface area (Å²) in [6.07, 6.45) is 3.91. The molecule has 1 fully saturated rings. The summed E-state index contributed by atoms with van der Waals surface area (Å²) in [6.45, 7) is 3.12. The van der Waals surface area contributed by atoms with Crippen LogP contribution in [0.25, 0.3) is 0 Å². The third-order valence-electron chi connectivity index (χ3n) is 3.31. The summed E-state index contributed by atoms with van der Waals surface area (Å²) in [7, 11) is 0. The molecule has 1 aromatic heterocycles. The second-order valence-corrected chi connectivity index (χ2v) is 5.71. The van der Waals surface area contributed by atoms with Gasteiger partial charge in [-0.05, 0) is 55.0 Å². The van der Waals surface area contributed by atoms with Gasteiger partial charge in [-0.1, -0.05) is 23.5 Å². The highest BCUT2D eigenvalue weighted by Gasteiger charge is 2.23. The third-order valence-corrected chi connectivity index (χ3v) is 3.83. The van der Waals surface area contributed by atoms with E-state index in [1.54, 1.807) is 0 Å². The number of nitrogens with one attached hydrogen (secondary N) is 1. The van der Waals surface area contributed by atoms with E-state index < -0.39 is 0 Å². The Morgan fingerprint density at radius 2 is 2.15 bits per heavy atom. The fourth-order valence-corrected chi connectivity index (χ4v) is 2.58. The largest absolute Gasteiger partial charge is 0.490 e. The molecular weight excluding hydrogens is 270 g/mol. The lowest BCUT2D eigenvalue weighted by Crippen LogP contribution is -2.23. The Balaban J connectivity index is 1.75. The average molecular weight is 289 g/mol. The molecular formula is C15H19N3OS. The van der Waals surface area contributed by atoms with Gasteiger partial charge in [0.25, 0.3) is 0 Å². The fraction of sp³-hybridized carbons (Fsp3) is 0.467. The van der Waals surface area contributed by atoms with Crippen molar-refractivity contribution in [2.75, 3.05) is 6.54 Å². The van der Waals surface area contributed by atoms with Crippen molar-refractivity contribution >= 4 is 11.5 Å². The van der Waals surface area contributed by atoms with Crippen molar-refractivity contribution in [2.45, 2.75) is 38.3 Å². The summed E-state index contributed by atoms with van der Waals surface area (Å²) in [4.78, 5) is 0.